The lowest BCUT2D eigenvalue weighted by Gasteiger charge is -2.35. The summed E-state index contributed by atoms with van der Waals surface area (Å²) in [6.07, 6.45) is 0. The molecule has 2 rings (SSSR count). The normalized spacial score (nSPS) is 14.3. The number of carbonyl (C=O) groups excluding carboxylic acids is 2. The van der Waals surface area contributed by atoms with Gasteiger partial charge in [0.05, 0.1) is 12.0 Å². The summed E-state index contributed by atoms with van der Waals surface area (Å²) in [7, 11) is 1.25. The molecular formula is C21H25N5O5. The summed E-state index contributed by atoms with van der Waals surface area (Å²) in [6.45, 7) is 5.17. The molecule has 0 bridgehead atoms. The van der Waals surface area contributed by atoms with Crippen LogP contribution in [0.3, 0.4) is 0 Å². The fraction of sp³-hybridized carbons (Fsp3) is 0.429. The largest absolute Gasteiger partial charge is 0.467 e. The number of carbonyl (C=O) groups is 2. The molecule has 10 heteroatoms. The third kappa shape index (κ3) is 6.91. The number of hydrogen-bond acceptors (Lipinski definition) is 7. The summed E-state index contributed by atoms with van der Waals surface area (Å²) in [4.78, 5) is 38.0. The molecule has 1 aliphatic heterocycles. The maximum absolute atomic E-state index is 12.5. The third-order valence-electron chi connectivity index (χ3n) is 4.58. The number of amides is 2. The fourth-order valence-electron chi connectivity index (χ4n) is 2.78. The summed E-state index contributed by atoms with van der Waals surface area (Å²) in [5.41, 5.74) is 5.64. The molecule has 1 saturated heterocycles. The van der Waals surface area contributed by atoms with E-state index in [-0.39, 0.29) is 11.7 Å². The van der Waals surface area contributed by atoms with Crippen LogP contribution in [0.1, 0.15) is 19.4 Å². The Kier molecular flexibility index (Phi) is 7.83. The minimum atomic E-state index is -0.974. The van der Waals surface area contributed by atoms with Gasteiger partial charge in [0.1, 0.15) is 6.04 Å². The van der Waals surface area contributed by atoms with E-state index in [4.69, 9.17) is 10.5 Å². The van der Waals surface area contributed by atoms with Gasteiger partial charge in [-0.2, -0.15) is 0 Å². The highest BCUT2D eigenvalue weighted by atomic mass is 16.6. The zero-order chi connectivity index (χ0) is 23.0. The van der Waals surface area contributed by atoms with Gasteiger partial charge in [-0.05, 0) is 31.9 Å². The van der Waals surface area contributed by atoms with Crippen molar-refractivity contribution < 1.29 is 19.2 Å². The van der Waals surface area contributed by atoms with Gasteiger partial charge >= 0.3 is 12.0 Å². The maximum atomic E-state index is 12.5. The number of ether oxygens (including phenoxy) is 1. The van der Waals surface area contributed by atoms with Gasteiger partial charge < -0.3 is 25.6 Å². The molecule has 0 spiro atoms. The molecule has 1 aromatic carbocycles. The van der Waals surface area contributed by atoms with Gasteiger partial charge in [-0.25, -0.2) is 9.59 Å². The van der Waals surface area contributed by atoms with Crippen LogP contribution in [0.25, 0.3) is 0 Å². The highest BCUT2D eigenvalue weighted by Gasteiger charge is 2.35. The van der Waals surface area contributed by atoms with E-state index in [1.807, 2.05) is 4.90 Å². The first kappa shape index (κ1) is 23.5. The molecule has 1 aliphatic rings. The lowest BCUT2D eigenvalue weighted by molar-refractivity contribution is -0.384. The van der Waals surface area contributed by atoms with E-state index in [0.29, 0.717) is 31.7 Å². The molecule has 31 heavy (non-hydrogen) atoms. The quantitative estimate of drug-likeness (QED) is 0.310. The van der Waals surface area contributed by atoms with Crippen LogP contribution in [0.2, 0.25) is 0 Å². The number of rotatable bonds is 4. The average Bonchev–Trinajstić information content (AvgIpc) is 2.74. The number of nitrogens with zero attached hydrogens (tertiary/aromatic N) is 3. The zero-order valence-electron chi connectivity index (χ0n) is 17.7. The Labute approximate surface area is 180 Å². The minimum absolute atomic E-state index is 0.00600. The number of nitro groups is 1. The fourth-order valence-corrected chi connectivity index (χ4v) is 2.78. The Morgan fingerprint density at radius 3 is 2.32 bits per heavy atom. The van der Waals surface area contributed by atoms with Gasteiger partial charge in [-0.15, -0.1) is 0 Å². The Bertz CT molecular complexity index is 939. The number of nitrogens with two attached hydrogens (primary N) is 1. The summed E-state index contributed by atoms with van der Waals surface area (Å²) >= 11 is 0. The number of nitro benzene ring substituents is 1. The monoisotopic (exact) mass is 427 g/mol. The van der Waals surface area contributed by atoms with Crippen LogP contribution in [-0.4, -0.2) is 71.6 Å². The summed E-state index contributed by atoms with van der Waals surface area (Å²) in [6, 6.07) is 7.47. The van der Waals surface area contributed by atoms with Crippen LogP contribution in [-0.2, 0) is 9.53 Å². The van der Waals surface area contributed by atoms with Crippen molar-refractivity contribution in [2.45, 2.75) is 25.4 Å². The van der Waals surface area contributed by atoms with Gasteiger partial charge in [0.15, 0.2) is 0 Å². The molecule has 1 aromatic rings. The van der Waals surface area contributed by atoms with E-state index < -0.39 is 22.5 Å². The van der Waals surface area contributed by atoms with Crippen molar-refractivity contribution in [3.8, 4) is 23.8 Å². The second kappa shape index (κ2) is 10.3. The first-order valence-electron chi connectivity index (χ1n) is 9.55. The van der Waals surface area contributed by atoms with Crippen molar-refractivity contribution >= 4 is 17.7 Å². The molecule has 10 nitrogen and oxygen atoms in total. The van der Waals surface area contributed by atoms with Crippen LogP contribution in [0, 0.1) is 33.9 Å². The number of benzene rings is 1. The number of piperazine rings is 1. The van der Waals surface area contributed by atoms with E-state index in [2.05, 4.69) is 29.1 Å². The van der Waals surface area contributed by atoms with Gasteiger partial charge in [0.25, 0.3) is 5.69 Å². The van der Waals surface area contributed by atoms with E-state index in [1.54, 1.807) is 30.9 Å². The van der Waals surface area contributed by atoms with Crippen molar-refractivity contribution in [2.24, 2.45) is 5.73 Å². The molecule has 1 atom stereocenters. The summed E-state index contributed by atoms with van der Waals surface area (Å²) in [5, 5.41) is 13.3. The number of non-ortho nitro benzene ring substituents is 1. The lowest BCUT2D eigenvalue weighted by Crippen LogP contribution is -2.62. The second-order valence-corrected chi connectivity index (χ2v) is 7.49. The van der Waals surface area contributed by atoms with E-state index >= 15 is 0 Å². The second-order valence-electron chi connectivity index (χ2n) is 7.49. The van der Waals surface area contributed by atoms with Crippen LogP contribution < -0.4 is 11.1 Å². The topological polar surface area (TPSA) is 131 Å². The molecular weight excluding hydrogens is 402 g/mol. The summed E-state index contributed by atoms with van der Waals surface area (Å²) in [5.74, 6) is 7.68. The maximum Gasteiger partial charge on any atom is 0.330 e. The Morgan fingerprint density at radius 1 is 1.19 bits per heavy atom. The molecule has 1 heterocycles. The van der Waals surface area contributed by atoms with Gasteiger partial charge in [-0.1, -0.05) is 5.92 Å². The Balaban J connectivity index is 1.87. The third-order valence-corrected chi connectivity index (χ3v) is 4.58. The van der Waals surface area contributed by atoms with Crippen molar-refractivity contribution in [1.29, 1.82) is 0 Å². The minimum Gasteiger partial charge on any atom is -0.467 e. The van der Waals surface area contributed by atoms with Crippen LogP contribution in [0.5, 0.6) is 0 Å². The zero-order valence-corrected chi connectivity index (χ0v) is 17.7. The predicted molar refractivity (Wildman–Crippen MR) is 113 cm³/mol. The first-order valence-corrected chi connectivity index (χ1v) is 9.55. The number of esters is 1. The summed E-state index contributed by atoms with van der Waals surface area (Å²) < 4.78 is 4.73. The molecule has 0 saturated carbocycles. The molecule has 0 radical (unpaired) electrons. The standard InChI is InChI=1S/C21H25N5O5/c1-21(2,22)18(19(27)31-3)23-20(28)25-14-12-24(13-15-25)11-5-4-6-16-7-9-17(10-8-16)26(29)30/h7-10,18H,12-15,22H2,1-3H3,(H,23,28). The van der Waals surface area contributed by atoms with Crippen molar-refractivity contribution in [3.63, 3.8) is 0 Å². The SMILES string of the molecule is COC(=O)C(NC(=O)N1CCN(C#CC#Cc2ccc([N+](=O)[O-])cc2)CC1)C(C)(C)N. The highest BCUT2D eigenvalue weighted by molar-refractivity contribution is 5.84. The first-order chi connectivity index (χ1) is 14.6. The number of nitrogens with one attached hydrogen (secondary N) is 1. The van der Waals surface area contributed by atoms with E-state index in [1.165, 1.54) is 19.2 Å². The van der Waals surface area contributed by atoms with Gasteiger partial charge in [-0.3, -0.25) is 10.1 Å². The van der Waals surface area contributed by atoms with Gasteiger partial charge in [0.2, 0.25) is 0 Å². The highest BCUT2D eigenvalue weighted by Crippen LogP contribution is 2.11. The number of methoxy groups -OCH3 is 1. The Morgan fingerprint density at radius 2 is 1.81 bits per heavy atom. The molecule has 2 amide bonds. The molecule has 0 aliphatic carbocycles. The van der Waals surface area contributed by atoms with Crippen molar-refractivity contribution in [1.82, 2.24) is 15.1 Å². The lowest BCUT2D eigenvalue weighted by atomic mass is 9.96. The number of urea groups is 1. The predicted octanol–water partition coefficient (Wildman–Crippen LogP) is 0.513. The average molecular weight is 427 g/mol. The molecule has 1 unspecified atom stereocenters. The van der Waals surface area contributed by atoms with E-state index in [0.717, 1.165) is 0 Å². The molecule has 3 N–H and O–H groups in total. The molecule has 164 valence electrons. The molecule has 1 fully saturated rings. The van der Waals surface area contributed by atoms with Gasteiger partial charge in [0, 0.05) is 61.4 Å². The van der Waals surface area contributed by atoms with Crippen LogP contribution in [0.4, 0.5) is 10.5 Å². The Hall–Kier alpha value is -3.76. The van der Waals surface area contributed by atoms with Crippen LogP contribution >= 0.6 is 0 Å². The van der Waals surface area contributed by atoms with Crippen molar-refractivity contribution in [2.75, 3.05) is 33.3 Å². The van der Waals surface area contributed by atoms with Crippen molar-refractivity contribution in [3.05, 3.63) is 39.9 Å². The van der Waals surface area contributed by atoms with Crippen LogP contribution in [0.15, 0.2) is 24.3 Å². The number of hydrogen-bond donors (Lipinski definition) is 2. The molecule has 0 aromatic heterocycles. The van der Waals surface area contributed by atoms with E-state index in [9.17, 15) is 19.7 Å². The smallest absolute Gasteiger partial charge is 0.330 e.